The molecule has 214 valence electrons. The van der Waals surface area contributed by atoms with Crippen LogP contribution in [0.15, 0.2) is 109 Å². The molecule has 0 aliphatic heterocycles. The summed E-state index contributed by atoms with van der Waals surface area (Å²) < 4.78 is 45.9. The molecule has 0 saturated carbocycles. The second-order valence-corrected chi connectivity index (χ2v) is 12.6. The van der Waals surface area contributed by atoms with Crippen molar-refractivity contribution >= 4 is 65.5 Å². The Bertz CT molecular complexity index is 2590. The maximum Gasteiger partial charge on any atom is 0.394 e. The largest absolute Gasteiger partial charge is 0.394 e. The summed E-state index contributed by atoms with van der Waals surface area (Å²) in [5.41, 5.74) is 6.99. The summed E-state index contributed by atoms with van der Waals surface area (Å²) in [6.07, 6.45) is -2.56. The smallest absolute Gasteiger partial charge is 0.304 e. The first-order valence-electron chi connectivity index (χ1n) is 14.8. The van der Waals surface area contributed by atoms with Crippen molar-refractivity contribution in [2.24, 2.45) is 5.41 Å². The van der Waals surface area contributed by atoms with E-state index in [2.05, 4.69) is 81.6 Å². The van der Waals surface area contributed by atoms with Crippen LogP contribution in [0.3, 0.4) is 0 Å². The maximum atomic E-state index is 13.8. The minimum atomic E-state index is -4.30. The van der Waals surface area contributed by atoms with Gasteiger partial charge in [-0.15, -0.1) is 0 Å². The number of hydrogen-bond acceptors (Lipinski definition) is 1. The summed E-state index contributed by atoms with van der Waals surface area (Å²) >= 11 is 0. The summed E-state index contributed by atoms with van der Waals surface area (Å²) in [5.74, 6) is 0. The van der Waals surface area contributed by atoms with E-state index in [9.17, 15) is 13.2 Å². The van der Waals surface area contributed by atoms with Gasteiger partial charge >= 0.3 is 6.18 Å². The van der Waals surface area contributed by atoms with E-state index in [0.29, 0.717) is 5.56 Å². The molecule has 9 rings (SSSR count). The molecule has 0 spiro atoms. The van der Waals surface area contributed by atoms with Crippen LogP contribution in [0.2, 0.25) is 0 Å². The van der Waals surface area contributed by atoms with Crippen LogP contribution >= 0.6 is 0 Å². The first-order chi connectivity index (χ1) is 21.2. The summed E-state index contributed by atoms with van der Waals surface area (Å²) in [6.45, 7) is 2.54. The van der Waals surface area contributed by atoms with Crippen molar-refractivity contribution in [2.75, 3.05) is 0 Å². The Kier molecular flexibility index (Phi) is 4.91. The molecule has 5 aromatic carbocycles. The van der Waals surface area contributed by atoms with Crippen LogP contribution < -0.4 is 0 Å². The molecule has 0 N–H and O–H groups in total. The normalized spacial score (nSPS) is 13.2. The Morgan fingerprint density at radius 2 is 1.39 bits per heavy atom. The number of rotatable bonds is 3. The highest BCUT2D eigenvalue weighted by Gasteiger charge is 2.47. The molecule has 0 bridgehead atoms. The van der Waals surface area contributed by atoms with Gasteiger partial charge in [0, 0.05) is 27.7 Å². The molecular formula is C38H26F3N3. The molecule has 0 fully saturated rings. The van der Waals surface area contributed by atoms with Gasteiger partial charge in [-0.3, -0.25) is 4.40 Å². The minimum absolute atomic E-state index is 0.0961. The quantitative estimate of drug-likeness (QED) is 0.190. The minimum Gasteiger partial charge on any atom is -0.304 e. The van der Waals surface area contributed by atoms with E-state index in [1.165, 1.54) is 25.0 Å². The fraction of sp³-hybridized carbons (Fsp3) is 0.132. The molecule has 0 saturated heterocycles. The number of benzene rings is 5. The predicted octanol–water partition coefficient (Wildman–Crippen LogP) is 10.6. The molecule has 4 aromatic heterocycles. The molecule has 3 nitrogen and oxygen atoms in total. The molecule has 0 radical (unpaired) electrons. The third kappa shape index (κ3) is 3.36. The first-order valence-corrected chi connectivity index (χ1v) is 14.8. The summed E-state index contributed by atoms with van der Waals surface area (Å²) in [4.78, 5) is 4.92. The number of halogens is 3. The molecule has 4 heterocycles. The van der Waals surface area contributed by atoms with Crippen LogP contribution in [0.25, 0.3) is 76.7 Å². The Morgan fingerprint density at radius 1 is 0.591 bits per heavy atom. The molecule has 0 aliphatic carbocycles. The SMILES string of the molecule is CC(C)(Cc1ccc2c3ccnc4c3n(c2c1)c1cccc2c3cc5cc(-c6ccccc6)ccc5cc3n4c21)C(F)(F)F. The van der Waals surface area contributed by atoms with Crippen LogP contribution in [-0.4, -0.2) is 20.0 Å². The molecule has 0 aliphatic rings. The highest BCUT2D eigenvalue weighted by Crippen LogP contribution is 2.43. The average molecular weight is 582 g/mol. The van der Waals surface area contributed by atoms with Crippen molar-refractivity contribution < 1.29 is 13.2 Å². The van der Waals surface area contributed by atoms with Gasteiger partial charge in [0.05, 0.1) is 33.0 Å². The van der Waals surface area contributed by atoms with Crippen molar-refractivity contribution in [2.45, 2.75) is 26.4 Å². The molecular weight excluding hydrogens is 555 g/mol. The van der Waals surface area contributed by atoms with Crippen molar-refractivity contribution in [1.82, 2.24) is 13.8 Å². The van der Waals surface area contributed by atoms with Gasteiger partial charge in [0.25, 0.3) is 0 Å². The van der Waals surface area contributed by atoms with E-state index >= 15 is 0 Å². The number of alkyl halides is 3. The Hall–Kier alpha value is -5.10. The highest BCUT2D eigenvalue weighted by atomic mass is 19.4. The van der Waals surface area contributed by atoms with Gasteiger partial charge in [0.15, 0.2) is 5.65 Å². The van der Waals surface area contributed by atoms with Crippen LogP contribution in [0, 0.1) is 5.41 Å². The lowest BCUT2D eigenvalue weighted by molar-refractivity contribution is -0.211. The van der Waals surface area contributed by atoms with E-state index in [-0.39, 0.29) is 6.42 Å². The third-order valence-electron chi connectivity index (χ3n) is 9.42. The van der Waals surface area contributed by atoms with Crippen LogP contribution in [0.1, 0.15) is 19.4 Å². The third-order valence-corrected chi connectivity index (χ3v) is 9.42. The van der Waals surface area contributed by atoms with Gasteiger partial charge in [-0.05, 0) is 70.3 Å². The van der Waals surface area contributed by atoms with Gasteiger partial charge in [0.2, 0.25) is 0 Å². The Labute approximate surface area is 250 Å². The zero-order valence-electron chi connectivity index (χ0n) is 24.1. The fourth-order valence-corrected chi connectivity index (χ4v) is 7.13. The van der Waals surface area contributed by atoms with Crippen molar-refractivity contribution in [3.63, 3.8) is 0 Å². The lowest BCUT2D eigenvalue weighted by atomic mass is 9.85. The van der Waals surface area contributed by atoms with Crippen LogP contribution in [-0.2, 0) is 6.42 Å². The van der Waals surface area contributed by atoms with Crippen molar-refractivity contribution in [3.05, 3.63) is 115 Å². The number of para-hydroxylation sites is 1. The molecule has 0 unspecified atom stereocenters. The van der Waals surface area contributed by atoms with Crippen LogP contribution in [0.5, 0.6) is 0 Å². The second kappa shape index (κ2) is 8.50. The summed E-state index contributed by atoms with van der Waals surface area (Å²) in [7, 11) is 0. The molecule has 0 amide bonds. The fourth-order valence-electron chi connectivity index (χ4n) is 7.13. The number of aromatic nitrogens is 3. The number of fused-ring (bicyclic) bond motifs is 9. The van der Waals surface area contributed by atoms with Gasteiger partial charge in [-0.2, -0.15) is 13.2 Å². The molecule has 6 heteroatoms. The first kappa shape index (κ1) is 25.4. The zero-order valence-corrected chi connectivity index (χ0v) is 24.1. The lowest BCUT2D eigenvalue weighted by Gasteiger charge is -2.27. The number of hydrogen-bond donors (Lipinski definition) is 0. The monoisotopic (exact) mass is 581 g/mol. The number of pyridine rings is 1. The highest BCUT2D eigenvalue weighted by molar-refractivity contribution is 6.22. The lowest BCUT2D eigenvalue weighted by Crippen LogP contribution is -2.34. The van der Waals surface area contributed by atoms with E-state index in [1.54, 1.807) is 0 Å². The van der Waals surface area contributed by atoms with E-state index in [4.69, 9.17) is 4.98 Å². The Balaban J connectivity index is 1.37. The van der Waals surface area contributed by atoms with Gasteiger partial charge < -0.3 is 4.40 Å². The molecule has 44 heavy (non-hydrogen) atoms. The van der Waals surface area contributed by atoms with E-state index in [0.717, 1.165) is 65.5 Å². The van der Waals surface area contributed by atoms with Gasteiger partial charge in [-0.1, -0.05) is 80.6 Å². The average Bonchev–Trinajstić information content (AvgIpc) is 3.52. The molecule has 0 atom stereocenters. The van der Waals surface area contributed by atoms with Crippen molar-refractivity contribution in [3.8, 4) is 11.1 Å². The maximum absolute atomic E-state index is 13.8. The zero-order chi connectivity index (χ0) is 30.0. The van der Waals surface area contributed by atoms with Gasteiger partial charge in [0.1, 0.15) is 0 Å². The Morgan fingerprint density at radius 3 is 2.20 bits per heavy atom. The van der Waals surface area contributed by atoms with Gasteiger partial charge in [-0.25, -0.2) is 4.98 Å². The van der Waals surface area contributed by atoms with E-state index < -0.39 is 11.6 Å². The molecule has 9 aromatic rings. The van der Waals surface area contributed by atoms with Crippen molar-refractivity contribution in [1.29, 1.82) is 0 Å². The van der Waals surface area contributed by atoms with Crippen LogP contribution in [0.4, 0.5) is 13.2 Å². The second-order valence-electron chi connectivity index (χ2n) is 12.6. The standard InChI is InChI=1S/C38H26F3N3/c1-37(2,38(39,40)41)21-22-11-14-27-29-15-16-42-36-35(29)43(32(27)17-22)31-10-6-9-28-30-19-26-18-24(23-7-4-3-5-8-23)12-13-25(26)20-33(30)44(36)34(28)31/h3-20H,21H2,1-2H3. The summed E-state index contributed by atoms with van der Waals surface area (Å²) in [5, 5.41) is 6.60. The summed E-state index contributed by atoms with van der Waals surface area (Å²) in [6, 6.07) is 35.6. The van der Waals surface area contributed by atoms with E-state index in [1.807, 2.05) is 36.5 Å². The number of nitrogens with zero attached hydrogens (tertiary/aromatic N) is 3. The topological polar surface area (TPSA) is 21.7 Å². The predicted molar refractivity (Wildman–Crippen MR) is 174 cm³/mol.